The van der Waals surface area contributed by atoms with E-state index in [1.807, 2.05) is 66.9 Å². The van der Waals surface area contributed by atoms with Crippen LogP contribution in [-0.4, -0.2) is 34.0 Å². The Balaban J connectivity index is 1.32. The summed E-state index contributed by atoms with van der Waals surface area (Å²) >= 11 is 1.49. The Hall–Kier alpha value is -3.58. The number of ether oxygens (including phenoxy) is 2. The molecule has 7 heteroatoms. The summed E-state index contributed by atoms with van der Waals surface area (Å²) in [7, 11) is 0. The van der Waals surface area contributed by atoms with E-state index in [0.717, 1.165) is 29.9 Å². The van der Waals surface area contributed by atoms with Crippen LogP contribution in [0.3, 0.4) is 0 Å². The van der Waals surface area contributed by atoms with E-state index in [1.54, 1.807) is 10.9 Å². The van der Waals surface area contributed by atoms with Crippen LogP contribution in [0.25, 0.3) is 0 Å². The van der Waals surface area contributed by atoms with Crippen molar-refractivity contribution >= 4 is 18.0 Å². The molecule has 0 aliphatic carbocycles. The standard InChI is InChI=1S/C26H26N4O2S/c1-33-26-29-28-25(20-32-23-12-6-3-7-13-23)30(26)27-19-22-14-16-24(17-15-22)31-18-8-11-21-9-4-2-5-10-21/h2-7,9-10,12-17,19H,8,11,18,20H2,1H3/b27-19-. The van der Waals surface area contributed by atoms with Gasteiger partial charge < -0.3 is 9.47 Å². The smallest absolute Gasteiger partial charge is 0.211 e. The van der Waals surface area contributed by atoms with Crippen molar-refractivity contribution < 1.29 is 9.47 Å². The molecule has 0 bridgehead atoms. The quantitative estimate of drug-likeness (QED) is 0.169. The molecule has 0 amide bonds. The van der Waals surface area contributed by atoms with Gasteiger partial charge in [0.2, 0.25) is 5.16 Å². The lowest BCUT2D eigenvalue weighted by Gasteiger charge is -2.07. The fourth-order valence-electron chi connectivity index (χ4n) is 3.18. The Morgan fingerprint density at radius 2 is 1.55 bits per heavy atom. The van der Waals surface area contributed by atoms with Gasteiger partial charge in [0.05, 0.1) is 12.8 Å². The summed E-state index contributed by atoms with van der Waals surface area (Å²) < 4.78 is 13.4. The van der Waals surface area contributed by atoms with Crippen LogP contribution in [0.4, 0.5) is 0 Å². The first-order valence-electron chi connectivity index (χ1n) is 10.8. The van der Waals surface area contributed by atoms with E-state index in [2.05, 4.69) is 39.6 Å². The Morgan fingerprint density at radius 1 is 0.848 bits per heavy atom. The molecule has 6 nitrogen and oxygen atoms in total. The molecule has 0 spiro atoms. The summed E-state index contributed by atoms with van der Waals surface area (Å²) in [6.45, 7) is 0.968. The Labute approximate surface area is 198 Å². The van der Waals surface area contributed by atoms with E-state index in [0.29, 0.717) is 17.6 Å². The molecule has 0 fully saturated rings. The fraction of sp³-hybridized carbons (Fsp3) is 0.192. The number of rotatable bonds is 11. The molecule has 33 heavy (non-hydrogen) atoms. The lowest BCUT2D eigenvalue weighted by molar-refractivity contribution is 0.290. The first-order valence-corrected chi connectivity index (χ1v) is 12.0. The van der Waals surface area contributed by atoms with E-state index in [1.165, 1.54) is 17.3 Å². The summed E-state index contributed by atoms with van der Waals surface area (Å²) in [4.78, 5) is 0. The number of hydrogen-bond acceptors (Lipinski definition) is 6. The van der Waals surface area contributed by atoms with Gasteiger partial charge >= 0.3 is 0 Å². The van der Waals surface area contributed by atoms with E-state index in [9.17, 15) is 0 Å². The molecule has 4 rings (SSSR count). The van der Waals surface area contributed by atoms with Gasteiger partial charge in [-0.05, 0) is 66.6 Å². The highest BCUT2D eigenvalue weighted by molar-refractivity contribution is 7.98. The zero-order chi connectivity index (χ0) is 22.7. The number of thioether (sulfide) groups is 1. The van der Waals surface area contributed by atoms with Crippen LogP contribution in [0.15, 0.2) is 95.2 Å². The first-order chi connectivity index (χ1) is 16.3. The van der Waals surface area contributed by atoms with Gasteiger partial charge in [0.15, 0.2) is 5.82 Å². The van der Waals surface area contributed by atoms with Crippen molar-refractivity contribution in [2.24, 2.45) is 5.10 Å². The molecular weight excluding hydrogens is 432 g/mol. The molecule has 0 saturated carbocycles. The maximum atomic E-state index is 5.87. The molecule has 0 N–H and O–H groups in total. The zero-order valence-corrected chi connectivity index (χ0v) is 19.3. The van der Waals surface area contributed by atoms with Crippen molar-refractivity contribution in [2.45, 2.75) is 24.6 Å². The summed E-state index contributed by atoms with van der Waals surface area (Å²) in [5.74, 6) is 2.27. The molecule has 3 aromatic carbocycles. The number of aromatic nitrogens is 3. The van der Waals surface area contributed by atoms with Crippen LogP contribution < -0.4 is 9.47 Å². The molecule has 0 radical (unpaired) electrons. The van der Waals surface area contributed by atoms with E-state index in [-0.39, 0.29) is 6.61 Å². The molecule has 0 saturated heterocycles. The molecule has 0 unspecified atom stereocenters. The Kier molecular flexibility index (Phi) is 8.14. The van der Waals surface area contributed by atoms with E-state index >= 15 is 0 Å². The molecule has 0 aliphatic rings. The highest BCUT2D eigenvalue weighted by Gasteiger charge is 2.11. The minimum atomic E-state index is 0.282. The van der Waals surface area contributed by atoms with Crippen molar-refractivity contribution in [1.82, 2.24) is 14.9 Å². The number of nitrogens with zero attached hydrogens (tertiary/aromatic N) is 4. The highest BCUT2D eigenvalue weighted by Crippen LogP contribution is 2.17. The maximum Gasteiger partial charge on any atom is 0.211 e. The van der Waals surface area contributed by atoms with Crippen molar-refractivity contribution in [1.29, 1.82) is 0 Å². The third-order valence-corrected chi connectivity index (χ3v) is 5.51. The minimum Gasteiger partial charge on any atom is -0.494 e. The summed E-state index contributed by atoms with van der Waals surface area (Å²) in [6.07, 6.45) is 5.72. The maximum absolute atomic E-state index is 5.87. The Morgan fingerprint density at radius 3 is 2.27 bits per heavy atom. The predicted octanol–water partition coefficient (Wildman–Crippen LogP) is 5.47. The monoisotopic (exact) mass is 458 g/mol. The topological polar surface area (TPSA) is 61.5 Å². The molecule has 1 aromatic heterocycles. The van der Waals surface area contributed by atoms with Crippen LogP contribution >= 0.6 is 11.8 Å². The third kappa shape index (κ3) is 6.70. The van der Waals surface area contributed by atoms with Gasteiger partial charge in [-0.25, -0.2) is 0 Å². The first kappa shape index (κ1) is 22.6. The molecule has 0 aliphatic heterocycles. The average Bonchev–Trinajstić information content (AvgIpc) is 3.28. The van der Waals surface area contributed by atoms with Crippen LogP contribution in [0, 0.1) is 0 Å². The fourth-order valence-corrected chi connectivity index (χ4v) is 3.63. The lowest BCUT2D eigenvalue weighted by atomic mass is 10.1. The lowest BCUT2D eigenvalue weighted by Crippen LogP contribution is -2.05. The zero-order valence-electron chi connectivity index (χ0n) is 18.5. The van der Waals surface area contributed by atoms with Crippen LogP contribution in [0.5, 0.6) is 11.5 Å². The van der Waals surface area contributed by atoms with Gasteiger partial charge in [-0.15, -0.1) is 10.2 Å². The summed E-state index contributed by atoms with van der Waals surface area (Å²) in [5, 5.41) is 13.7. The number of hydrogen-bond donors (Lipinski definition) is 0. The number of para-hydroxylation sites is 1. The summed E-state index contributed by atoms with van der Waals surface area (Å²) in [5.41, 5.74) is 2.29. The average molecular weight is 459 g/mol. The number of aryl methyl sites for hydroxylation is 1. The molecule has 168 valence electrons. The van der Waals surface area contributed by atoms with Crippen molar-refractivity contribution in [3.05, 3.63) is 102 Å². The normalized spacial score (nSPS) is 11.1. The van der Waals surface area contributed by atoms with Crippen LogP contribution in [-0.2, 0) is 13.0 Å². The van der Waals surface area contributed by atoms with Crippen LogP contribution in [0.1, 0.15) is 23.4 Å². The molecular formula is C26H26N4O2S. The Bertz CT molecular complexity index is 1150. The van der Waals surface area contributed by atoms with E-state index < -0.39 is 0 Å². The summed E-state index contributed by atoms with van der Waals surface area (Å²) in [6, 6.07) is 28.0. The molecule has 0 atom stereocenters. The second-order valence-corrected chi connectivity index (χ2v) is 8.04. The van der Waals surface area contributed by atoms with Crippen molar-refractivity contribution in [3.63, 3.8) is 0 Å². The van der Waals surface area contributed by atoms with Gasteiger partial charge in [-0.2, -0.15) is 9.78 Å². The molecule has 1 heterocycles. The minimum absolute atomic E-state index is 0.282. The second kappa shape index (κ2) is 11.9. The predicted molar refractivity (Wildman–Crippen MR) is 132 cm³/mol. The van der Waals surface area contributed by atoms with Gasteiger partial charge in [0, 0.05) is 0 Å². The van der Waals surface area contributed by atoms with Gasteiger partial charge in [0.25, 0.3) is 0 Å². The molecule has 4 aromatic rings. The second-order valence-electron chi connectivity index (χ2n) is 7.27. The number of benzene rings is 3. The van der Waals surface area contributed by atoms with E-state index in [4.69, 9.17) is 9.47 Å². The van der Waals surface area contributed by atoms with Gasteiger partial charge in [-0.3, -0.25) is 0 Å². The highest BCUT2D eigenvalue weighted by atomic mass is 32.2. The largest absolute Gasteiger partial charge is 0.494 e. The van der Waals surface area contributed by atoms with Gasteiger partial charge in [-0.1, -0.05) is 60.3 Å². The SMILES string of the molecule is CSc1nnc(COc2ccccc2)n1/N=C\c1ccc(OCCCc2ccccc2)cc1. The van der Waals surface area contributed by atoms with Crippen LogP contribution in [0.2, 0.25) is 0 Å². The van der Waals surface area contributed by atoms with Gasteiger partial charge in [0.1, 0.15) is 18.1 Å². The third-order valence-electron chi connectivity index (χ3n) is 4.89. The van der Waals surface area contributed by atoms with Crippen molar-refractivity contribution in [2.75, 3.05) is 12.9 Å². The van der Waals surface area contributed by atoms with Crippen molar-refractivity contribution in [3.8, 4) is 11.5 Å².